The molecule has 3 aliphatic heterocycles. The Morgan fingerprint density at radius 2 is 1.94 bits per heavy atom. The third-order valence-electron chi connectivity index (χ3n) is 4.08. The fourth-order valence-electron chi connectivity index (χ4n) is 3.10. The molecule has 2 nitrogen and oxygen atoms in total. The molecule has 0 spiro atoms. The maximum atomic E-state index is 4.22. The number of hydrogen-bond acceptors (Lipinski definition) is 2. The number of hydrogen-bond donors (Lipinski definition) is 0. The van der Waals surface area contributed by atoms with E-state index in [1.165, 1.54) is 44.3 Å². The highest BCUT2D eigenvalue weighted by Gasteiger charge is 2.31. The normalized spacial score (nSPS) is 34.7. The molecule has 0 amide bonds. The number of nitrogens with zero attached hydrogens (tertiary/aromatic N) is 2. The van der Waals surface area contributed by atoms with Crippen molar-refractivity contribution >= 4 is 6.21 Å². The van der Waals surface area contributed by atoms with Crippen molar-refractivity contribution in [2.45, 2.75) is 38.6 Å². The van der Waals surface area contributed by atoms with E-state index in [-0.39, 0.29) is 0 Å². The topological polar surface area (TPSA) is 15.6 Å². The Morgan fingerprint density at radius 1 is 1.18 bits per heavy atom. The van der Waals surface area contributed by atoms with Crippen molar-refractivity contribution in [3.8, 4) is 0 Å². The lowest BCUT2D eigenvalue weighted by Crippen LogP contribution is -2.39. The van der Waals surface area contributed by atoms with Gasteiger partial charge in [-0.05, 0) is 57.2 Å². The number of aliphatic imine (C=N–C) groups is 1. The molecule has 2 bridgehead atoms. The summed E-state index contributed by atoms with van der Waals surface area (Å²) in [5.41, 5.74) is 1.38. The van der Waals surface area contributed by atoms with Crippen LogP contribution in [-0.4, -0.2) is 37.3 Å². The van der Waals surface area contributed by atoms with Gasteiger partial charge in [0, 0.05) is 19.3 Å². The van der Waals surface area contributed by atoms with E-state index in [1.54, 1.807) is 0 Å². The minimum atomic E-state index is 0.599. The quantitative estimate of drug-likeness (QED) is 0.539. The summed E-state index contributed by atoms with van der Waals surface area (Å²) >= 11 is 0. The number of fused-ring (bicyclic) bond motifs is 4. The zero-order valence-electron chi connectivity index (χ0n) is 11.1. The van der Waals surface area contributed by atoms with Gasteiger partial charge in [-0.25, -0.2) is 0 Å². The van der Waals surface area contributed by atoms with Crippen LogP contribution in [0.3, 0.4) is 0 Å². The second kappa shape index (κ2) is 6.15. The summed E-state index contributed by atoms with van der Waals surface area (Å²) in [6, 6.07) is 0.599. The first-order chi connectivity index (χ1) is 8.35. The van der Waals surface area contributed by atoms with Crippen molar-refractivity contribution in [3.05, 3.63) is 23.8 Å². The second-order valence-electron chi connectivity index (χ2n) is 5.15. The van der Waals surface area contributed by atoms with Crippen molar-refractivity contribution < 1.29 is 0 Å². The largest absolute Gasteiger partial charge is 0.296 e. The van der Waals surface area contributed by atoms with E-state index in [0.29, 0.717) is 6.04 Å². The Balaban J connectivity index is 2.17. The highest BCUT2D eigenvalue weighted by molar-refractivity contribution is 5.80. The molecule has 0 aliphatic carbocycles. The van der Waals surface area contributed by atoms with E-state index >= 15 is 0 Å². The van der Waals surface area contributed by atoms with Gasteiger partial charge in [-0.3, -0.25) is 9.89 Å². The predicted molar refractivity (Wildman–Crippen MR) is 74.6 cm³/mol. The summed E-state index contributed by atoms with van der Waals surface area (Å²) < 4.78 is 0. The molecule has 2 heteroatoms. The number of allylic oxidation sites excluding steroid dienone is 3. The number of rotatable bonds is 3. The van der Waals surface area contributed by atoms with Crippen LogP contribution < -0.4 is 0 Å². The summed E-state index contributed by atoms with van der Waals surface area (Å²) in [6.07, 6.45) is 14.0. The number of piperidine rings is 1. The van der Waals surface area contributed by atoms with Crippen LogP contribution in [0.2, 0.25) is 0 Å². The zero-order chi connectivity index (χ0) is 12.1. The highest BCUT2D eigenvalue weighted by atomic mass is 15.2. The van der Waals surface area contributed by atoms with E-state index in [4.69, 9.17) is 0 Å². The van der Waals surface area contributed by atoms with Gasteiger partial charge in [0.1, 0.15) is 0 Å². The molecule has 94 valence electrons. The van der Waals surface area contributed by atoms with Crippen LogP contribution in [0.1, 0.15) is 32.6 Å². The van der Waals surface area contributed by atoms with Crippen LogP contribution in [-0.2, 0) is 0 Å². The third-order valence-corrected chi connectivity index (χ3v) is 4.08. The molecule has 0 aromatic carbocycles. The first-order valence-corrected chi connectivity index (χ1v) is 6.84. The third kappa shape index (κ3) is 3.06. The molecular formula is C15H24N2. The molecule has 0 aromatic heterocycles. The van der Waals surface area contributed by atoms with Crippen molar-refractivity contribution in [2.24, 2.45) is 10.9 Å². The molecule has 0 N–H and O–H groups in total. The maximum Gasteiger partial charge on any atom is 0.0363 e. The van der Waals surface area contributed by atoms with Gasteiger partial charge in [0.2, 0.25) is 0 Å². The van der Waals surface area contributed by atoms with Gasteiger partial charge in [-0.2, -0.15) is 0 Å². The van der Waals surface area contributed by atoms with Crippen LogP contribution in [0.4, 0.5) is 0 Å². The predicted octanol–water partition coefficient (Wildman–Crippen LogP) is 3.06. The lowest BCUT2D eigenvalue weighted by atomic mass is 9.95. The Morgan fingerprint density at radius 3 is 2.59 bits per heavy atom. The van der Waals surface area contributed by atoms with E-state index in [0.717, 1.165) is 5.92 Å². The van der Waals surface area contributed by atoms with Gasteiger partial charge in [-0.15, -0.1) is 0 Å². The maximum absolute atomic E-state index is 4.22. The first kappa shape index (κ1) is 12.6. The van der Waals surface area contributed by atoms with E-state index in [2.05, 4.69) is 35.0 Å². The molecule has 3 aliphatic rings. The fourth-order valence-corrected chi connectivity index (χ4v) is 3.10. The molecule has 17 heavy (non-hydrogen) atoms. The molecule has 3 saturated heterocycles. The average molecular weight is 232 g/mol. The van der Waals surface area contributed by atoms with E-state index in [9.17, 15) is 0 Å². The van der Waals surface area contributed by atoms with E-state index in [1.807, 2.05) is 13.3 Å². The Kier molecular flexibility index (Phi) is 4.55. The van der Waals surface area contributed by atoms with Gasteiger partial charge < -0.3 is 0 Å². The van der Waals surface area contributed by atoms with Gasteiger partial charge in [0.15, 0.2) is 0 Å². The minimum Gasteiger partial charge on any atom is -0.296 e. The van der Waals surface area contributed by atoms with Gasteiger partial charge >= 0.3 is 0 Å². The standard InChI is InChI=1S/C15H24N2/c1-3-4-5-14(12-16-2)15-7-6-13-8-10-17(15)11-9-13/h3-5,12-13,15H,6-11H2,1-2H3/b4-3-,14-5+,16-12?. The van der Waals surface area contributed by atoms with Crippen LogP contribution in [0.25, 0.3) is 0 Å². The Labute approximate surface area is 105 Å². The van der Waals surface area contributed by atoms with Crippen molar-refractivity contribution in [2.75, 3.05) is 20.1 Å². The molecular weight excluding hydrogens is 208 g/mol. The first-order valence-electron chi connectivity index (χ1n) is 6.84. The summed E-state index contributed by atoms with van der Waals surface area (Å²) in [5, 5.41) is 0. The summed E-state index contributed by atoms with van der Waals surface area (Å²) in [7, 11) is 1.87. The van der Waals surface area contributed by atoms with Crippen LogP contribution in [0.5, 0.6) is 0 Å². The molecule has 3 rings (SSSR count). The van der Waals surface area contributed by atoms with Gasteiger partial charge in [-0.1, -0.05) is 18.2 Å². The second-order valence-corrected chi connectivity index (χ2v) is 5.15. The van der Waals surface area contributed by atoms with Crippen LogP contribution >= 0.6 is 0 Å². The lowest BCUT2D eigenvalue weighted by molar-refractivity contribution is 0.191. The summed E-state index contributed by atoms with van der Waals surface area (Å²) in [4.78, 5) is 6.88. The molecule has 1 atom stereocenters. The highest BCUT2D eigenvalue weighted by Crippen LogP contribution is 2.32. The molecule has 0 aromatic rings. The fraction of sp³-hybridized carbons (Fsp3) is 0.667. The average Bonchev–Trinajstić information content (AvgIpc) is 2.68. The summed E-state index contributed by atoms with van der Waals surface area (Å²) in [6.45, 7) is 4.62. The lowest BCUT2D eigenvalue weighted by Gasteiger charge is -2.32. The minimum absolute atomic E-state index is 0.599. The van der Waals surface area contributed by atoms with Gasteiger partial charge in [0.25, 0.3) is 0 Å². The monoisotopic (exact) mass is 232 g/mol. The van der Waals surface area contributed by atoms with E-state index < -0.39 is 0 Å². The summed E-state index contributed by atoms with van der Waals surface area (Å²) in [5.74, 6) is 0.984. The van der Waals surface area contributed by atoms with Crippen LogP contribution in [0, 0.1) is 5.92 Å². The Hall–Kier alpha value is -0.890. The zero-order valence-corrected chi connectivity index (χ0v) is 11.1. The van der Waals surface area contributed by atoms with Gasteiger partial charge in [0.05, 0.1) is 0 Å². The van der Waals surface area contributed by atoms with Crippen molar-refractivity contribution in [3.63, 3.8) is 0 Å². The molecule has 1 unspecified atom stereocenters. The molecule has 0 saturated carbocycles. The van der Waals surface area contributed by atoms with Crippen LogP contribution in [0.15, 0.2) is 28.8 Å². The molecule has 3 fully saturated rings. The molecule has 3 heterocycles. The SMILES string of the molecule is C/C=C\C=C(/C=NC)C1CCC2CCN1CC2. The smallest absolute Gasteiger partial charge is 0.0363 e. The van der Waals surface area contributed by atoms with Crippen molar-refractivity contribution in [1.82, 2.24) is 4.90 Å². The Bertz CT molecular complexity index is 320. The molecule has 0 radical (unpaired) electrons. The van der Waals surface area contributed by atoms with Crippen molar-refractivity contribution in [1.29, 1.82) is 0 Å².